The first-order valence-electron chi connectivity index (χ1n) is 7.66. The van der Waals surface area contributed by atoms with Gasteiger partial charge in [0.25, 0.3) is 0 Å². The SMILES string of the molecule is CCN(Cc1ccccc1C)C(=O)Cc1ccccc1C(=O)O. The highest BCUT2D eigenvalue weighted by molar-refractivity contribution is 5.91. The van der Waals surface area contributed by atoms with E-state index < -0.39 is 5.97 Å². The maximum absolute atomic E-state index is 12.6. The summed E-state index contributed by atoms with van der Waals surface area (Å²) >= 11 is 0. The second-order valence-corrected chi connectivity index (χ2v) is 5.47. The van der Waals surface area contributed by atoms with Crippen LogP contribution in [0.15, 0.2) is 48.5 Å². The van der Waals surface area contributed by atoms with Crippen LogP contribution in [-0.2, 0) is 17.8 Å². The molecule has 0 aliphatic heterocycles. The molecule has 1 N–H and O–H groups in total. The number of amides is 1. The van der Waals surface area contributed by atoms with Crippen LogP contribution in [0.5, 0.6) is 0 Å². The van der Waals surface area contributed by atoms with Crippen LogP contribution in [-0.4, -0.2) is 28.4 Å². The molecule has 2 aromatic carbocycles. The smallest absolute Gasteiger partial charge is 0.335 e. The van der Waals surface area contributed by atoms with Gasteiger partial charge in [-0.05, 0) is 36.6 Å². The average molecular weight is 311 g/mol. The van der Waals surface area contributed by atoms with E-state index in [1.807, 2.05) is 38.1 Å². The molecule has 1 amide bonds. The summed E-state index contributed by atoms with van der Waals surface area (Å²) in [5, 5.41) is 9.22. The minimum absolute atomic E-state index is 0.0653. The first-order chi connectivity index (χ1) is 11.0. The Kier molecular flexibility index (Phi) is 5.52. The fraction of sp³-hybridized carbons (Fsp3) is 0.263. The minimum Gasteiger partial charge on any atom is -0.478 e. The number of carbonyl (C=O) groups is 2. The maximum Gasteiger partial charge on any atom is 0.335 e. The summed E-state index contributed by atoms with van der Waals surface area (Å²) in [6, 6.07) is 14.6. The molecule has 0 saturated carbocycles. The lowest BCUT2D eigenvalue weighted by molar-refractivity contribution is -0.130. The summed E-state index contributed by atoms with van der Waals surface area (Å²) in [6.07, 6.45) is 0.0994. The number of hydrogen-bond acceptors (Lipinski definition) is 2. The number of aryl methyl sites for hydroxylation is 1. The van der Waals surface area contributed by atoms with Crippen molar-refractivity contribution in [1.82, 2.24) is 4.90 Å². The molecule has 0 aliphatic rings. The van der Waals surface area contributed by atoms with Gasteiger partial charge in [0.05, 0.1) is 12.0 Å². The molecule has 0 bridgehead atoms. The van der Waals surface area contributed by atoms with Crippen molar-refractivity contribution in [2.45, 2.75) is 26.8 Å². The molecular formula is C19H21NO3. The molecule has 2 aromatic rings. The van der Waals surface area contributed by atoms with E-state index in [4.69, 9.17) is 0 Å². The largest absolute Gasteiger partial charge is 0.478 e. The third kappa shape index (κ3) is 4.19. The molecule has 4 heteroatoms. The Balaban J connectivity index is 2.15. The third-order valence-electron chi connectivity index (χ3n) is 3.95. The van der Waals surface area contributed by atoms with Gasteiger partial charge >= 0.3 is 5.97 Å². The zero-order valence-electron chi connectivity index (χ0n) is 13.5. The number of carbonyl (C=O) groups excluding carboxylic acids is 1. The van der Waals surface area contributed by atoms with Gasteiger partial charge in [0.15, 0.2) is 0 Å². The normalized spacial score (nSPS) is 10.3. The number of nitrogens with zero attached hydrogens (tertiary/aromatic N) is 1. The van der Waals surface area contributed by atoms with Crippen molar-refractivity contribution in [2.75, 3.05) is 6.54 Å². The van der Waals surface area contributed by atoms with Gasteiger partial charge in [0.1, 0.15) is 0 Å². The molecule has 4 nitrogen and oxygen atoms in total. The lowest BCUT2D eigenvalue weighted by Gasteiger charge is -2.22. The molecule has 0 fully saturated rings. The van der Waals surface area contributed by atoms with Crippen molar-refractivity contribution in [2.24, 2.45) is 0 Å². The summed E-state index contributed by atoms with van der Waals surface area (Å²) in [5.74, 6) is -1.07. The van der Waals surface area contributed by atoms with E-state index in [1.165, 1.54) is 6.07 Å². The number of rotatable bonds is 6. The van der Waals surface area contributed by atoms with Crippen molar-refractivity contribution in [3.05, 3.63) is 70.8 Å². The van der Waals surface area contributed by atoms with E-state index >= 15 is 0 Å². The van der Waals surface area contributed by atoms with E-state index in [2.05, 4.69) is 0 Å². The first kappa shape index (κ1) is 16.7. The zero-order valence-corrected chi connectivity index (χ0v) is 13.5. The van der Waals surface area contributed by atoms with Gasteiger partial charge in [0, 0.05) is 13.1 Å². The fourth-order valence-corrected chi connectivity index (χ4v) is 2.53. The molecule has 0 atom stereocenters. The topological polar surface area (TPSA) is 57.6 Å². The van der Waals surface area contributed by atoms with Gasteiger partial charge < -0.3 is 10.0 Å². The highest BCUT2D eigenvalue weighted by Gasteiger charge is 2.17. The van der Waals surface area contributed by atoms with E-state index in [0.717, 1.165) is 11.1 Å². The molecule has 0 spiro atoms. The molecule has 0 saturated heterocycles. The van der Waals surface area contributed by atoms with Gasteiger partial charge in [-0.15, -0.1) is 0 Å². The standard InChI is InChI=1S/C19H21NO3/c1-3-20(13-16-10-5-4-8-14(16)2)18(21)12-15-9-6-7-11-17(15)19(22)23/h4-11H,3,12-13H2,1-2H3,(H,22,23). The van der Waals surface area contributed by atoms with Crippen LogP contribution in [0.25, 0.3) is 0 Å². The lowest BCUT2D eigenvalue weighted by Crippen LogP contribution is -2.32. The Labute approximate surface area is 136 Å². The summed E-state index contributed by atoms with van der Waals surface area (Å²) in [6.45, 7) is 5.08. The minimum atomic E-state index is -1.00. The number of benzene rings is 2. The van der Waals surface area contributed by atoms with Crippen LogP contribution in [0, 0.1) is 6.92 Å². The van der Waals surface area contributed by atoms with E-state index in [-0.39, 0.29) is 17.9 Å². The summed E-state index contributed by atoms with van der Waals surface area (Å²) in [5.41, 5.74) is 2.99. The number of aromatic carboxylic acids is 1. The van der Waals surface area contributed by atoms with Crippen molar-refractivity contribution >= 4 is 11.9 Å². The maximum atomic E-state index is 12.6. The van der Waals surface area contributed by atoms with Crippen LogP contribution in [0.1, 0.15) is 34.0 Å². The molecular weight excluding hydrogens is 290 g/mol. The zero-order chi connectivity index (χ0) is 16.8. The Morgan fingerprint density at radius 2 is 1.61 bits per heavy atom. The molecule has 0 radical (unpaired) electrons. The number of carboxylic acid groups (broad SMARTS) is 1. The van der Waals surface area contributed by atoms with Gasteiger partial charge in [-0.25, -0.2) is 4.79 Å². The fourth-order valence-electron chi connectivity index (χ4n) is 2.53. The molecule has 0 aliphatic carbocycles. The third-order valence-corrected chi connectivity index (χ3v) is 3.95. The monoisotopic (exact) mass is 311 g/mol. The molecule has 0 heterocycles. The van der Waals surface area contributed by atoms with Gasteiger partial charge in [0.2, 0.25) is 5.91 Å². The quantitative estimate of drug-likeness (QED) is 0.890. The second-order valence-electron chi connectivity index (χ2n) is 5.47. The van der Waals surface area contributed by atoms with Crippen LogP contribution < -0.4 is 0 Å². The van der Waals surface area contributed by atoms with Crippen LogP contribution in [0.3, 0.4) is 0 Å². The van der Waals surface area contributed by atoms with Gasteiger partial charge in [-0.2, -0.15) is 0 Å². The number of carboxylic acids is 1. The van der Waals surface area contributed by atoms with Crippen molar-refractivity contribution in [3.63, 3.8) is 0 Å². The molecule has 0 unspecified atom stereocenters. The van der Waals surface area contributed by atoms with Gasteiger partial charge in [-0.1, -0.05) is 42.5 Å². The lowest BCUT2D eigenvalue weighted by atomic mass is 10.0. The van der Waals surface area contributed by atoms with Crippen molar-refractivity contribution < 1.29 is 14.7 Å². The van der Waals surface area contributed by atoms with E-state index in [9.17, 15) is 14.7 Å². The predicted molar refractivity (Wildman–Crippen MR) is 89.4 cm³/mol. The molecule has 120 valence electrons. The highest BCUT2D eigenvalue weighted by Crippen LogP contribution is 2.14. The highest BCUT2D eigenvalue weighted by atomic mass is 16.4. The average Bonchev–Trinajstić information content (AvgIpc) is 2.54. The number of hydrogen-bond donors (Lipinski definition) is 1. The van der Waals surface area contributed by atoms with E-state index in [0.29, 0.717) is 18.7 Å². The Morgan fingerprint density at radius 3 is 2.22 bits per heavy atom. The van der Waals surface area contributed by atoms with Crippen molar-refractivity contribution in [3.8, 4) is 0 Å². The first-order valence-corrected chi connectivity index (χ1v) is 7.66. The molecule has 2 rings (SSSR count). The van der Waals surface area contributed by atoms with Gasteiger partial charge in [-0.3, -0.25) is 4.79 Å². The van der Waals surface area contributed by atoms with E-state index in [1.54, 1.807) is 23.1 Å². The molecule has 0 aromatic heterocycles. The summed E-state index contributed by atoms with van der Waals surface area (Å²) < 4.78 is 0. The Morgan fingerprint density at radius 1 is 1.00 bits per heavy atom. The number of likely N-dealkylation sites (N-methyl/N-ethyl adjacent to an activating group) is 1. The van der Waals surface area contributed by atoms with Crippen LogP contribution in [0.4, 0.5) is 0 Å². The van der Waals surface area contributed by atoms with Crippen molar-refractivity contribution in [1.29, 1.82) is 0 Å². The summed E-state index contributed by atoms with van der Waals surface area (Å²) in [4.78, 5) is 25.6. The van der Waals surface area contributed by atoms with Crippen LogP contribution in [0.2, 0.25) is 0 Å². The second kappa shape index (κ2) is 7.58. The Hall–Kier alpha value is -2.62. The van der Waals surface area contributed by atoms with Crippen LogP contribution >= 0.6 is 0 Å². The molecule has 23 heavy (non-hydrogen) atoms. The summed E-state index contributed by atoms with van der Waals surface area (Å²) in [7, 11) is 0. The predicted octanol–water partition coefficient (Wildman–Crippen LogP) is 3.28. The Bertz CT molecular complexity index is 709.